The van der Waals surface area contributed by atoms with Crippen molar-refractivity contribution in [1.82, 2.24) is 4.98 Å². The van der Waals surface area contributed by atoms with Crippen LogP contribution in [0.4, 0.5) is 0 Å². The summed E-state index contributed by atoms with van der Waals surface area (Å²) in [5, 5.41) is 0. The van der Waals surface area contributed by atoms with Gasteiger partial charge in [-0.25, -0.2) is 0 Å². The molecule has 0 atom stereocenters. The van der Waals surface area contributed by atoms with E-state index in [4.69, 9.17) is 15.2 Å². The van der Waals surface area contributed by atoms with E-state index < -0.39 is 0 Å². The maximum Gasteiger partial charge on any atom is 0.163 e. The van der Waals surface area contributed by atoms with Gasteiger partial charge in [-0.3, -0.25) is 4.98 Å². The van der Waals surface area contributed by atoms with E-state index in [0.29, 0.717) is 12.3 Å². The van der Waals surface area contributed by atoms with Crippen LogP contribution in [0.15, 0.2) is 36.7 Å². The van der Waals surface area contributed by atoms with Crippen molar-refractivity contribution in [2.24, 2.45) is 5.73 Å². The van der Waals surface area contributed by atoms with E-state index in [1.807, 2.05) is 24.4 Å². The number of aromatic nitrogens is 1. The fourth-order valence-electron chi connectivity index (χ4n) is 2.08. The predicted octanol–water partition coefficient (Wildman–Crippen LogP) is 2.27. The second-order valence-electron chi connectivity index (χ2n) is 4.15. The minimum Gasteiger partial charge on any atom is -0.493 e. The molecule has 0 saturated carbocycles. The molecule has 4 heteroatoms. The highest BCUT2D eigenvalue weighted by Crippen LogP contribution is 2.36. The highest BCUT2D eigenvalue weighted by molar-refractivity contribution is 5.68. The summed E-state index contributed by atoms with van der Waals surface area (Å²) in [7, 11) is 3.28. The van der Waals surface area contributed by atoms with Crippen LogP contribution in [-0.2, 0) is 6.42 Å². The summed E-state index contributed by atoms with van der Waals surface area (Å²) in [6.07, 6.45) is 4.33. The standard InChI is InChI=1S/C15H18N2O2/c1-18-14-9-13(12-4-3-7-17-10-12)8-11(5-6-16)15(14)19-2/h3-4,7-10H,5-6,16H2,1-2H3. The molecule has 0 aliphatic carbocycles. The Balaban J connectivity index is 2.54. The van der Waals surface area contributed by atoms with Gasteiger partial charge in [-0.2, -0.15) is 0 Å². The number of hydrogen-bond acceptors (Lipinski definition) is 4. The highest BCUT2D eigenvalue weighted by atomic mass is 16.5. The minimum atomic E-state index is 0.565. The number of benzene rings is 1. The monoisotopic (exact) mass is 258 g/mol. The number of pyridine rings is 1. The molecule has 0 aliphatic rings. The van der Waals surface area contributed by atoms with Crippen molar-refractivity contribution < 1.29 is 9.47 Å². The van der Waals surface area contributed by atoms with Gasteiger partial charge in [0.2, 0.25) is 0 Å². The molecule has 1 aromatic carbocycles. The number of hydrogen-bond donors (Lipinski definition) is 1. The molecule has 0 bridgehead atoms. The first-order chi connectivity index (χ1) is 9.30. The molecular formula is C15H18N2O2. The molecule has 100 valence electrons. The van der Waals surface area contributed by atoms with Crippen molar-refractivity contribution in [1.29, 1.82) is 0 Å². The van der Waals surface area contributed by atoms with Gasteiger partial charge in [-0.05, 0) is 42.3 Å². The van der Waals surface area contributed by atoms with Gasteiger partial charge >= 0.3 is 0 Å². The van der Waals surface area contributed by atoms with Crippen molar-refractivity contribution in [3.05, 3.63) is 42.2 Å². The van der Waals surface area contributed by atoms with Crippen molar-refractivity contribution in [3.63, 3.8) is 0 Å². The van der Waals surface area contributed by atoms with Crippen molar-refractivity contribution in [3.8, 4) is 22.6 Å². The maximum atomic E-state index is 5.66. The van der Waals surface area contributed by atoms with E-state index in [2.05, 4.69) is 11.1 Å². The van der Waals surface area contributed by atoms with E-state index in [0.717, 1.165) is 28.9 Å². The molecule has 0 saturated heterocycles. The van der Waals surface area contributed by atoms with Crippen LogP contribution < -0.4 is 15.2 Å². The number of methoxy groups -OCH3 is 2. The first-order valence-electron chi connectivity index (χ1n) is 6.15. The second kappa shape index (κ2) is 6.20. The molecule has 0 fully saturated rings. The number of nitrogens with two attached hydrogens (primary N) is 1. The molecule has 1 heterocycles. The Kier molecular flexibility index (Phi) is 4.36. The van der Waals surface area contributed by atoms with E-state index >= 15 is 0 Å². The van der Waals surface area contributed by atoms with Crippen LogP contribution in [0.3, 0.4) is 0 Å². The minimum absolute atomic E-state index is 0.565. The zero-order valence-electron chi connectivity index (χ0n) is 11.2. The summed E-state index contributed by atoms with van der Waals surface area (Å²) in [5.74, 6) is 1.47. The molecule has 19 heavy (non-hydrogen) atoms. The molecule has 2 rings (SSSR count). The Hall–Kier alpha value is -2.07. The van der Waals surface area contributed by atoms with E-state index in [1.165, 1.54) is 0 Å². The van der Waals surface area contributed by atoms with E-state index in [-0.39, 0.29) is 0 Å². The Morgan fingerprint density at radius 3 is 2.58 bits per heavy atom. The average Bonchev–Trinajstić information content (AvgIpc) is 2.47. The highest BCUT2D eigenvalue weighted by Gasteiger charge is 2.12. The third kappa shape index (κ3) is 2.85. The summed E-state index contributed by atoms with van der Waals surface area (Å²) >= 11 is 0. The molecule has 2 aromatic rings. The van der Waals surface area contributed by atoms with Gasteiger partial charge < -0.3 is 15.2 Å². The first-order valence-corrected chi connectivity index (χ1v) is 6.15. The Labute approximate surface area is 113 Å². The Bertz CT molecular complexity index is 541. The lowest BCUT2D eigenvalue weighted by Gasteiger charge is -2.14. The van der Waals surface area contributed by atoms with Gasteiger partial charge in [0.05, 0.1) is 14.2 Å². The zero-order chi connectivity index (χ0) is 13.7. The van der Waals surface area contributed by atoms with Crippen LogP contribution in [0.25, 0.3) is 11.1 Å². The molecule has 0 amide bonds. The van der Waals surface area contributed by atoms with Crippen LogP contribution in [0.5, 0.6) is 11.5 Å². The fraction of sp³-hybridized carbons (Fsp3) is 0.267. The molecular weight excluding hydrogens is 240 g/mol. The third-order valence-corrected chi connectivity index (χ3v) is 2.96. The molecule has 2 N–H and O–H groups in total. The average molecular weight is 258 g/mol. The first kappa shape index (κ1) is 13.4. The Morgan fingerprint density at radius 2 is 2.00 bits per heavy atom. The molecule has 0 aliphatic heterocycles. The quantitative estimate of drug-likeness (QED) is 0.893. The predicted molar refractivity (Wildman–Crippen MR) is 75.5 cm³/mol. The SMILES string of the molecule is COc1cc(-c2cccnc2)cc(CCN)c1OC. The van der Waals surface area contributed by atoms with Crippen LogP contribution in [0.2, 0.25) is 0 Å². The normalized spacial score (nSPS) is 10.3. The number of ether oxygens (including phenoxy) is 2. The largest absolute Gasteiger partial charge is 0.493 e. The summed E-state index contributed by atoms with van der Waals surface area (Å²) in [4.78, 5) is 4.14. The van der Waals surface area contributed by atoms with Gasteiger partial charge in [0.1, 0.15) is 0 Å². The lowest BCUT2D eigenvalue weighted by molar-refractivity contribution is 0.352. The molecule has 4 nitrogen and oxygen atoms in total. The smallest absolute Gasteiger partial charge is 0.163 e. The fourth-order valence-corrected chi connectivity index (χ4v) is 2.08. The van der Waals surface area contributed by atoms with Gasteiger partial charge in [0.15, 0.2) is 11.5 Å². The van der Waals surface area contributed by atoms with Gasteiger partial charge in [0, 0.05) is 18.0 Å². The summed E-state index contributed by atoms with van der Waals surface area (Å²) in [6, 6.07) is 7.95. The van der Waals surface area contributed by atoms with Gasteiger partial charge in [0.25, 0.3) is 0 Å². The third-order valence-electron chi connectivity index (χ3n) is 2.96. The zero-order valence-corrected chi connectivity index (χ0v) is 11.2. The summed E-state index contributed by atoms with van der Waals surface area (Å²) in [5.41, 5.74) is 8.79. The summed E-state index contributed by atoms with van der Waals surface area (Å²) < 4.78 is 10.8. The lowest BCUT2D eigenvalue weighted by Crippen LogP contribution is -2.05. The van der Waals surface area contributed by atoms with Crippen LogP contribution in [0, 0.1) is 0 Å². The summed E-state index contributed by atoms with van der Waals surface area (Å²) in [6.45, 7) is 0.565. The number of nitrogens with zero attached hydrogens (tertiary/aromatic N) is 1. The van der Waals surface area contributed by atoms with Crippen LogP contribution in [0.1, 0.15) is 5.56 Å². The molecule has 0 unspecified atom stereocenters. The van der Waals surface area contributed by atoms with Crippen LogP contribution >= 0.6 is 0 Å². The number of rotatable bonds is 5. The second-order valence-corrected chi connectivity index (χ2v) is 4.15. The topological polar surface area (TPSA) is 57.4 Å². The van der Waals surface area contributed by atoms with E-state index in [1.54, 1.807) is 20.4 Å². The van der Waals surface area contributed by atoms with Gasteiger partial charge in [-0.15, -0.1) is 0 Å². The van der Waals surface area contributed by atoms with Crippen molar-refractivity contribution in [2.75, 3.05) is 20.8 Å². The van der Waals surface area contributed by atoms with Crippen molar-refractivity contribution >= 4 is 0 Å². The Morgan fingerprint density at radius 1 is 1.16 bits per heavy atom. The lowest BCUT2D eigenvalue weighted by atomic mass is 10.0. The molecule has 0 radical (unpaired) electrons. The maximum absolute atomic E-state index is 5.66. The molecule has 1 aromatic heterocycles. The van der Waals surface area contributed by atoms with E-state index in [9.17, 15) is 0 Å². The van der Waals surface area contributed by atoms with Crippen molar-refractivity contribution in [2.45, 2.75) is 6.42 Å². The molecule has 0 spiro atoms. The van der Waals surface area contributed by atoms with Crippen LogP contribution in [-0.4, -0.2) is 25.7 Å². The van der Waals surface area contributed by atoms with Gasteiger partial charge in [-0.1, -0.05) is 6.07 Å².